The molecule has 0 amide bonds. The zero-order chi connectivity index (χ0) is 14.2. The van der Waals surface area contributed by atoms with E-state index in [1.807, 2.05) is 18.0 Å². The topological polar surface area (TPSA) is 27.6 Å². The molecule has 0 fully saturated rings. The maximum absolute atomic E-state index is 4.56. The minimum atomic E-state index is 0.895. The molecule has 0 spiro atoms. The summed E-state index contributed by atoms with van der Waals surface area (Å²) in [7, 11) is 2.08. The summed E-state index contributed by atoms with van der Waals surface area (Å²) >= 11 is 1.81. The average Bonchev–Trinajstić information content (AvgIpc) is 2.53. The Balaban J connectivity index is 1.83. The van der Waals surface area contributed by atoms with Gasteiger partial charge in [0.05, 0.1) is 11.4 Å². The second kappa shape index (κ2) is 4.97. The first-order valence-corrected chi connectivity index (χ1v) is 7.76. The molecular formula is C17H15N3S. The van der Waals surface area contributed by atoms with Crippen LogP contribution in [0.2, 0.25) is 0 Å². The van der Waals surface area contributed by atoms with Gasteiger partial charge in [0.1, 0.15) is 5.84 Å². The molecule has 2 aliphatic rings. The molecule has 104 valence electrons. The van der Waals surface area contributed by atoms with Gasteiger partial charge in [-0.2, -0.15) is 0 Å². The highest BCUT2D eigenvalue weighted by atomic mass is 32.2. The Kier molecular flexibility index (Phi) is 2.97. The van der Waals surface area contributed by atoms with Gasteiger partial charge in [0.2, 0.25) is 0 Å². The molecule has 0 bridgehead atoms. The molecule has 2 aromatic rings. The summed E-state index contributed by atoms with van der Waals surface area (Å²) < 4.78 is 0. The summed E-state index contributed by atoms with van der Waals surface area (Å²) in [5, 5.41) is 3.57. The number of anilines is 2. The van der Waals surface area contributed by atoms with Crippen LogP contribution < -0.4 is 5.32 Å². The second-order valence-corrected chi connectivity index (χ2v) is 6.20. The van der Waals surface area contributed by atoms with Gasteiger partial charge >= 0.3 is 0 Å². The Bertz CT molecular complexity index is 764. The van der Waals surface area contributed by atoms with Gasteiger partial charge in [-0.15, -0.1) is 0 Å². The second-order valence-electron chi connectivity index (χ2n) is 5.12. The predicted octanol–water partition coefficient (Wildman–Crippen LogP) is 4.10. The zero-order valence-corrected chi connectivity index (χ0v) is 12.5. The third-order valence-electron chi connectivity index (χ3n) is 3.68. The minimum absolute atomic E-state index is 0.895. The van der Waals surface area contributed by atoms with Gasteiger partial charge in [0.25, 0.3) is 0 Å². The van der Waals surface area contributed by atoms with Crippen LogP contribution in [0.4, 0.5) is 11.4 Å². The fraction of sp³-hybridized carbons (Fsp3) is 0.118. The highest BCUT2D eigenvalue weighted by Crippen LogP contribution is 2.45. The number of likely N-dealkylation sites (N-methyl/N-ethyl adjacent to an activating group) is 1. The van der Waals surface area contributed by atoms with Crippen LogP contribution in [0.1, 0.15) is 5.56 Å². The number of hydrogen-bond donors (Lipinski definition) is 1. The average molecular weight is 293 g/mol. The maximum Gasteiger partial charge on any atom is 0.137 e. The van der Waals surface area contributed by atoms with Gasteiger partial charge in [0.15, 0.2) is 0 Å². The van der Waals surface area contributed by atoms with Crippen molar-refractivity contribution >= 4 is 29.0 Å². The molecule has 2 aromatic carbocycles. The molecule has 0 saturated heterocycles. The van der Waals surface area contributed by atoms with Crippen LogP contribution >= 0.6 is 11.8 Å². The number of aliphatic imine (C=N–C) groups is 1. The smallest absolute Gasteiger partial charge is 0.137 e. The molecule has 4 heteroatoms. The van der Waals surface area contributed by atoms with Crippen LogP contribution in [0.3, 0.4) is 0 Å². The van der Waals surface area contributed by atoms with E-state index in [0.29, 0.717) is 0 Å². The Hall–Kier alpha value is -2.20. The summed E-state index contributed by atoms with van der Waals surface area (Å²) in [6.45, 7) is 0.895. The number of benzene rings is 2. The van der Waals surface area contributed by atoms with Crippen molar-refractivity contribution in [3.63, 3.8) is 0 Å². The lowest BCUT2D eigenvalue weighted by Crippen LogP contribution is -2.30. The van der Waals surface area contributed by atoms with E-state index in [2.05, 4.69) is 70.8 Å². The molecule has 0 unspecified atom stereocenters. The molecule has 0 aromatic heterocycles. The van der Waals surface area contributed by atoms with E-state index in [1.165, 1.54) is 9.79 Å². The Morgan fingerprint density at radius 1 is 1.10 bits per heavy atom. The molecule has 0 radical (unpaired) electrons. The molecule has 1 N–H and O–H groups in total. The van der Waals surface area contributed by atoms with Gasteiger partial charge in [-0.05, 0) is 30.3 Å². The van der Waals surface area contributed by atoms with Crippen molar-refractivity contribution in [2.45, 2.75) is 9.79 Å². The van der Waals surface area contributed by atoms with E-state index in [-0.39, 0.29) is 0 Å². The molecule has 0 aliphatic carbocycles. The van der Waals surface area contributed by atoms with E-state index < -0.39 is 0 Å². The molecule has 0 saturated carbocycles. The van der Waals surface area contributed by atoms with Gasteiger partial charge in [-0.1, -0.05) is 30.0 Å². The highest BCUT2D eigenvalue weighted by molar-refractivity contribution is 7.99. The van der Waals surface area contributed by atoms with Crippen molar-refractivity contribution in [1.82, 2.24) is 4.90 Å². The van der Waals surface area contributed by atoms with E-state index in [0.717, 1.165) is 29.3 Å². The van der Waals surface area contributed by atoms with Crippen LogP contribution in [0.15, 0.2) is 69.5 Å². The lowest BCUT2D eigenvalue weighted by Gasteiger charge is -2.27. The van der Waals surface area contributed by atoms with Crippen molar-refractivity contribution in [3.8, 4) is 0 Å². The van der Waals surface area contributed by atoms with Crippen LogP contribution in [-0.4, -0.2) is 24.3 Å². The van der Waals surface area contributed by atoms with Gasteiger partial charge in [-0.25, -0.2) is 4.99 Å². The normalized spacial score (nSPS) is 15.9. The van der Waals surface area contributed by atoms with Crippen LogP contribution in [0, 0.1) is 0 Å². The third kappa shape index (κ3) is 2.12. The van der Waals surface area contributed by atoms with Crippen molar-refractivity contribution in [1.29, 1.82) is 0 Å². The number of rotatable bonds is 1. The first-order chi connectivity index (χ1) is 10.3. The molecule has 4 rings (SSSR count). The van der Waals surface area contributed by atoms with E-state index in [4.69, 9.17) is 0 Å². The minimum Gasteiger partial charge on any atom is -0.355 e. The fourth-order valence-corrected chi connectivity index (χ4v) is 3.65. The Labute approximate surface area is 128 Å². The Morgan fingerprint density at radius 2 is 1.95 bits per heavy atom. The van der Waals surface area contributed by atoms with Crippen LogP contribution in [0.25, 0.3) is 0 Å². The zero-order valence-electron chi connectivity index (χ0n) is 11.7. The van der Waals surface area contributed by atoms with Crippen molar-refractivity contribution < 1.29 is 0 Å². The number of nitrogens with one attached hydrogen (secondary N) is 1. The molecule has 3 nitrogen and oxygen atoms in total. The predicted molar refractivity (Wildman–Crippen MR) is 88.6 cm³/mol. The monoisotopic (exact) mass is 293 g/mol. The first-order valence-electron chi connectivity index (χ1n) is 6.94. The summed E-state index contributed by atoms with van der Waals surface area (Å²) in [4.78, 5) is 9.24. The first kappa shape index (κ1) is 12.5. The Morgan fingerprint density at radius 3 is 2.86 bits per heavy atom. The number of hydrogen-bond acceptors (Lipinski definition) is 4. The molecule has 2 aliphatic heterocycles. The molecular weight excluding hydrogens is 278 g/mol. The molecule has 21 heavy (non-hydrogen) atoms. The number of nitrogens with zero attached hydrogens (tertiary/aromatic N) is 2. The molecule has 0 atom stereocenters. The third-order valence-corrected chi connectivity index (χ3v) is 4.81. The van der Waals surface area contributed by atoms with Crippen LogP contribution in [0.5, 0.6) is 0 Å². The van der Waals surface area contributed by atoms with Gasteiger partial charge in [0, 0.05) is 35.1 Å². The lowest BCUT2D eigenvalue weighted by atomic mass is 10.1. The SMILES string of the molecule is CN1CC=CN=C1c1cccc2c1Nc1ccccc1S2. The van der Waals surface area contributed by atoms with Crippen molar-refractivity contribution in [2.75, 3.05) is 18.9 Å². The lowest BCUT2D eigenvalue weighted by molar-refractivity contribution is 0.557. The van der Waals surface area contributed by atoms with Crippen molar-refractivity contribution in [3.05, 3.63) is 60.3 Å². The number of para-hydroxylation sites is 2. The number of fused-ring (bicyclic) bond motifs is 2. The van der Waals surface area contributed by atoms with Gasteiger partial charge < -0.3 is 10.2 Å². The highest BCUT2D eigenvalue weighted by Gasteiger charge is 2.22. The standard InChI is InChI=1S/C17H15N3S/c1-20-11-5-10-18-17(20)12-6-4-9-15-16(12)19-13-7-2-3-8-14(13)21-15/h2-10,19H,11H2,1H3. The van der Waals surface area contributed by atoms with E-state index >= 15 is 0 Å². The fourth-order valence-electron chi connectivity index (χ4n) is 2.63. The van der Waals surface area contributed by atoms with Gasteiger partial charge in [-0.3, -0.25) is 0 Å². The summed E-state index contributed by atoms with van der Waals surface area (Å²) in [5.41, 5.74) is 3.47. The van der Waals surface area contributed by atoms with Crippen LogP contribution in [-0.2, 0) is 0 Å². The summed E-state index contributed by atoms with van der Waals surface area (Å²) in [6, 6.07) is 14.8. The number of amidine groups is 1. The maximum atomic E-state index is 4.56. The summed E-state index contributed by atoms with van der Waals surface area (Å²) in [5.74, 6) is 1.02. The largest absolute Gasteiger partial charge is 0.355 e. The van der Waals surface area contributed by atoms with E-state index in [1.54, 1.807) is 0 Å². The quantitative estimate of drug-likeness (QED) is 0.732. The molecule has 2 heterocycles. The van der Waals surface area contributed by atoms with Crippen molar-refractivity contribution in [2.24, 2.45) is 4.99 Å². The summed E-state index contributed by atoms with van der Waals surface area (Å²) in [6.07, 6.45) is 3.95. The van der Waals surface area contributed by atoms with E-state index in [9.17, 15) is 0 Å².